The number of nitrogens with one attached hydrogen (secondary N) is 1. The summed E-state index contributed by atoms with van der Waals surface area (Å²) < 4.78 is 0. The van der Waals surface area contributed by atoms with Crippen LogP contribution in [-0.4, -0.2) is 35.2 Å². The maximum atomic E-state index is 11.8. The quantitative estimate of drug-likeness (QED) is 0.722. The molecule has 0 aliphatic heterocycles. The number of aliphatic hydroxyl groups is 1. The zero-order chi connectivity index (χ0) is 13.8. The molecule has 0 aliphatic rings. The lowest BCUT2D eigenvalue weighted by Crippen LogP contribution is -2.42. The molecule has 4 nitrogen and oxygen atoms in total. The summed E-state index contributed by atoms with van der Waals surface area (Å²) in [7, 11) is 0. The summed E-state index contributed by atoms with van der Waals surface area (Å²) in [4.78, 5) is 11.8. The number of thioether (sulfide) groups is 1. The number of benzene rings is 1. The van der Waals surface area contributed by atoms with Gasteiger partial charge in [0.2, 0.25) is 0 Å². The summed E-state index contributed by atoms with van der Waals surface area (Å²) in [5.41, 5.74) is 5.50. The van der Waals surface area contributed by atoms with Gasteiger partial charge in [0.05, 0.1) is 16.3 Å². The maximum absolute atomic E-state index is 11.8. The molecule has 1 aromatic rings. The molecule has 0 bridgehead atoms. The van der Waals surface area contributed by atoms with Gasteiger partial charge in [0, 0.05) is 17.9 Å². The summed E-state index contributed by atoms with van der Waals surface area (Å²) in [5, 5.41) is 12.9. The van der Waals surface area contributed by atoms with E-state index in [2.05, 4.69) is 5.32 Å². The number of carbonyl (C=O) groups is 1. The highest BCUT2D eigenvalue weighted by Crippen LogP contribution is 2.19. The molecule has 1 unspecified atom stereocenters. The molecule has 100 valence electrons. The van der Waals surface area contributed by atoms with Crippen LogP contribution in [0.4, 0.5) is 5.69 Å². The maximum Gasteiger partial charge on any atom is 0.251 e. The Labute approximate surface area is 116 Å². The molecule has 4 N–H and O–H groups in total. The Morgan fingerprint density at radius 1 is 1.61 bits per heavy atom. The van der Waals surface area contributed by atoms with E-state index in [-0.39, 0.29) is 12.5 Å². The van der Waals surface area contributed by atoms with E-state index in [1.807, 2.05) is 6.26 Å². The minimum absolute atomic E-state index is 0.189. The van der Waals surface area contributed by atoms with Gasteiger partial charge in [-0.25, -0.2) is 0 Å². The van der Waals surface area contributed by atoms with Crippen LogP contribution in [0.2, 0.25) is 5.02 Å². The molecular formula is C12H17ClN2O2S. The molecule has 1 aromatic carbocycles. The first-order valence-corrected chi connectivity index (χ1v) is 7.17. The van der Waals surface area contributed by atoms with Gasteiger partial charge < -0.3 is 16.2 Å². The number of hydrogen-bond acceptors (Lipinski definition) is 4. The first-order valence-electron chi connectivity index (χ1n) is 5.40. The van der Waals surface area contributed by atoms with Crippen LogP contribution in [0.5, 0.6) is 0 Å². The Morgan fingerprint density at radius 3 is 2.83 bits per heavy atom. The number of amides is 1. The standard InChI is InChI=1S/C12H17ClN2O2S/c1-12(17,7-18-2)6-15-11(16)8-3-4-10(14)9(13)5-8/h3-5,17H,6-7,14H2,1-2H3,(H,15,16). The second kappa shape index (κ2) is 6.31. The average molecular weight is 289 g/mol. The molecule has 0 fully saturated rings. The van der Waals surface area contributed by atoms with E-state index >= 15 is 0 Å². The van der Waals surface area contributed by atoms with Crippen molar-refractivity contribution in [1.29, 1.82) is 0 Å². The van der Waals surface area contributed by atoms with E-state index in [9.17, 15) is 9.90 Å². The SMILES string of the molecule is CSCC(C)(O)CNC(=O)c1ccc(N)c(Cl)c1. The number of carbonyl (C=O) groups excluding carboxylic acids is 1. The lowest BCUT2D eigenvalue weighted by molar-refractivity contribution is 0.0725. The van der Waals surface area contributed by atoms with Gasteiger partial charge in [-0.15, -0.1) is 0 Å². The number of nitrogens with two attached hydrogens (primary N) is 1. The molecule has 1 rings (SSSR count). The monoisotopic (exact) mass is 288 g/mol. The number of hydrogen-bond donors (Lipinski definition) is 3. The summed E-state index contributed by atoms with van der Waals surface area (Å²) >= 11 is 7.36. The van der Waals surface area contributed by atoms with Crippen molar-refractivity contribution in [1.82, 2.24) is 5.32 Å². The van der Waals surface area contributed by atoms with Gasteiger partial charge in [0.15, 0.2) is 0 Å². The molecule has 1 amide bonds. The van der Waals surface area contributed by atoms with Crippen LogP contribution >= 0.6 is 23.4 Å². The highest BCUT2D eigenvalue weighted by atomic mass is 35.5. The van der Waals surface area contributed by atoms with Gasteiger partial charge in [0.25, 0.3) is 5.91 Å². The Morgan fingerprint density at radius 2 is 2.28 bits per heavy atom. The number of halogens is 1. The predicted molar refractivity (Wildman–Crippen MR) is 77.2 cm³/mol. The van der Waals surface area contributed by atoms with Crippen LogP contribution < -0.4 is 11.1 Å². The molecular weight excluding hydrogens is 272 g/mol. The Hall–Kier alpha value is -0.910. The van der Waals surface area contributed by atoms with Crippen LogP contribution in [0.3, 0.4) is 0 Å². The first kappa shape index (κ1) is 15.1. The van der Waals surface area contributed by atoms with Crippen molar-refractivity contribution in [3.05, 3.63) is 28.8 Å². The average Bonchev–Trinajstić information content (AvgIpc) is 2.30. The summed E-state index contributed by atoms with van der Waals surface area (Å²) in [5.74, 6) is 0.272. The van der Waals surface area contributed by atoms with Crippen LogP contribution in [0.1, 0.15) is 17.3 Å². The molecule has 0 saturated carbocycles. The molecule has 18 heavy (non-hydrogen) atoms. The topological polar surface area (TPSA) is 75.3 Å². The van der Waals surface area contributed by atoms with Gasteiger partial charge in [-0.05, 0) is 31.4 Å². The highest BCUT2D eigenvalue weighted by Gasteiger charge is 2.20. The van der Waals surface area contributed by atoms with Crippen molar-refractivity contribution in [3.8, 4) is 0 Å². The largest absolute Gasteiger partial charge is 0.398 e. The molecule has 0 radical (unpaired) electrons. The Kier molecular flexibility index (Phi) is 5.31. The summed E-state index contributed by atoms with van der Waals surface area (Å²) in [6, 6.07) is 4.69. The third-order valence-electron chi connectivity index (χ3n) is 2.35. The van der Waals surface area contributed by atoms with Gasteiger partial charge in [-0.1, -0.05) is 11.6 Å². The van der Waals surface area contributed by atoms with E-state index in [0.717, 1.165) is 0 Å². The van der Waals surface area contributed by atoms with Crippen molar-refractivity contribution >= 4 is 35.0 Å². The van der Waals surface area contributed by atoms with Gasteiger partial charge in [0.1, 0.15) is 0 Å². The summed E-state index contributed by atoms with van der Waals surface area (Å²) in [6.07, 6.45) is 1.90. The lowest BCUT2D eigenvalue weighted by Gasteiger charge is -2.22. The van der Waals surface area contributed by atoms with Crippen molar-refractivity contribution in [2.45, 2.75) is 12.5 Å². The first-order chi connectivity index (χ1) is 8.35. The third kappa shape index (κ3) is 4.40. The molecule has 0 saturated heterocycles. The van der Waals surface area contributed by atoms with E-state index < -0.39 is 5.60 Å². The van der Waals surface area contributed by atoms with Crippen molar-refractivity contribution in [2.75, 3.05) is 24.3 Å². The van der Waals surface area contributed by atoms with Crippen LogP contribution in [0.25, 0.3) is 0 Å². The predicted octanol–water partition coefficient (Wildman–Crippen LogP) is 1.77. The van der Waals surface area contributed by atoms with Crippen molar-refractivity contribution in [2.24, 2.45) is 0 Å². The van der Waals surface area contributed by atoms with Crippen LogP contribution in [-0.2, 0) is 0 Å². The lowest BCUT2D eigenvalue weighted by atomic mass is 10.1. The fourth-order valence-corrected chi connectivity index (χ4v) is 2.31. The van der Waals surface area contributed by atoms with E-state index in [4.69, 9.17) is 17.3 Å². The number of anilines is 1. The normalized spacial score (nSPS) is 14.0. The second-order valence-electron chi connectivity index (χ2n) is 4.35. The number of rotatable bonds is 5. The Bertz CT molecular complexity index is 438. The number of nitrogen functional groups attached to an aromatic ring is 1. The van der Waals surface area contributed by atoms with Crippen molar-refractivity contribution < 1.29 is 9.90 Å². The molecule has 0 aliphatic carbocycles. The third-order valence-corrected chi connectivity index (χ3v) is 3.59. The van der Waals surface area contributed by atoms with Crippen LogP contribution in [0.15, 0.2) is 18.2 Å². The van der Waals surface area contributed by atoms with Gasteiger partial charge >= 0.3 is 0 Å². The van der Waals surface area contributed by atoms with Gasteiger partial charge in [-0.2, -0.15) is 11.8 Å². The van der Waals surface area contributed by atoms with Crippen LogP contribution in [0, 0.1) is 0 Å². The molecule has 0 spiro atoms. The smallest absolute Gasteiger partial charge is 0.251 e. The molecule has 0 aromatic heterocycles. The Balaban J connectivity index is 2.63. The second-order valence-corrected chi connectivity index (χ2v) is 5.62. The van der Waals surface area contributed by atoms with E-state index in [0.29, 0.717) is 22.0 Å². The fraction of sp³-hybridized carbons (Fsp3) is 0.417. The van der Waals surface area contributed by atoms with E-state index in [1.165, 1.54) is 17.8 Å². The zero-order valence-corrected chi connectivity index (χ0v) is 11.9. The minimum atomic E-state index is -0.924. The molecule has 6 heteroatoms. The fourth-order valence-electron chi connectivity index (χ4n) is 1.40. The molecule has 1 atom stereocenters. The van der Waals surface area contributed by atoms with Crippen molar-refractivity contribution in [3.63, 3.8) is 0 Å². The van der Waals surface area contributed by atoms with E-state index in [1.54, 1.807) is 19.1 Å². The summed E-state index contributed by atoms with van der Waals surface area (Å²) in [6.45, 7) is 1.87. The zero-order valence-electron chi connectivity index (χ0n) is 10.4. The highest BCUT2D eigenvalue weighted by molar-refractivity contribution is 7.98. The molecule has 0 heterocycles. The van der Waals surface area contributed by atoms with Gasteiger partial charge in [-0.3, -0.25) is 4.79 Å². The minimum Gasteiger partial charge on any atom is -0.398 e.